The van der Waals surface area contributed by atoms with Gasteiger partial charge in [-0.15, -0.1) is 0 Å². The number of hydrogen-bond donors (Lipinski definition) is 1. The van der Waals surface area contributed by atoms with Crippen molar-refractivity contribution in [3.8, 4) is 0 Å². The summed E-state index contributed by atoms with van der Waals surface area (Å²) in [4.78, 5) is 2.30. The number of nitrogen functional groups attached to an aromatic ring is 1. The molecular formula is C14H26N4O. The molecule has 0 spiro atoms. The van der Waals surface area contributed by atoms with E-state index in [4.69, 9.17) is 10.5 Å². The Morgan fingerprint density at radius 2 is 1.74 bits per heavy atom. The zero-order valence-electron chi connectivity index (χ0n) is 12.9. The highest BCUT2D eigenvalue weighted by Crippen LogP contribution is 2.34. The summed E-state index contributed by atoms with van der Waals surface area (Å²) in [7, 11) is 1.96. The van der Waals surface area contributed by atoms with E-state index in [1.807, 2.05) is 11.7 Å². The molecule has 5 nitrogen and oxygen atoms in total. The van der Waals surface area contributed by atoms with Gasteiger partial charge in [-0.3, -0.25) is 4.68 Å². The van der Waals surface area contributed by atoms with Gasteiger partial charge in [0.2, 0.25) is 0 Å². The Morgan fingerprint density at radius 1 is 1.21 bits per heavy atom. The summed E-state index contributed by atoms with van der Waals surface area (Å²) >= 11 is 0. The van der Waals surface area contributed by atoms with Gasteiger partial charge in [0.1, 0.15) is 0 Å². The topological polar surface area (TPSA) is 56.3 Å². The number of rotatable bonds is 2. The van der Waals surface area contributed by atoms with Crippen LogP contribution in [0.25, 0.3) is 0 Å². The van der Waals surface area contributed by atoms with E-state index < -0.39 is 0 Å². The average molecular weight is 266 g/mol. The molecule has 2 rings (SSSR count). The van der Waals surface area contributed by atoms with E-state index in [-0.39, 0.29) is 11.2 Å². The molecule has 1 fully saturated rings. The molecule has 108 valence electrons. The molecule has 0 saturated carbocycles. The molecule has 1 aliphatic heterocycles. The van der Waals surface area contributed by atoms with Crippen LogP contribution in [-0.4, -0.2) is 34.1 Å². The van der Waals surface area contributed by atoms with Crippen molar-refractivity contribution in [2.24, 2.45) is 7.05 Å². The fourth-order valence-electron chi connectivity index (χ4n) is 3.16. The van der Waals surface area contributed by atoms with Gasteiger partial charge in [0.15, 0.2) is 5.82 Å². The van der Waals surface area contributed by atoms with Crippen LogP contribution in [0.4, 0.5) is 11.5 Å². The predicted octanol–water partition coefficient (Wildman–Crippen LogP) is 1.96. The number of aromatic nitrogens is 2. The summed E-state index contributed by atoms with van der Waals surface area (Å²) in [5.41, 5.74) is 7.65. The van der Waals surface area contributed by atoms with E-state index in [1.54, 1.807) is 0 Å². The average Bonchev–Trinajstić information content (AvgIpc) is 2.48. The van der Waals surface area contributed by atoms with Gasteiger partial charge in [0, 0.05) is 20.1 Å². The first kappa shape index (κ1) is 14.2. The van der Waals surface area contributed by atoms with Crippen LogP contribution >= 0.6 is 0 Å². The summed E-state index contributed by atoms with van der Waals surface area (Å²) in [5.74, 6) is 1.02. The van der Waals surface area contributed by atoms with E-state index in [0.717, 1.165) is 36.7 Å². The lowest BCUT2D eigenvalue weighted by Gasteiger charge is -2.47. The van der Waals surface area contributed by atoms with Crippen LogP contribution in [0.1, 0.15) is 40.3 Å². The number of morpholine rings is 1. The SMILES string of the molecule is CCc1nn(C)c(N2CC(C)(C)OC(C)(C)C2)c1N. The second-order valence-electron chi connectivity index (χ2n) is 6.64. The number of aryl methyl sites for hydroxylation is 2. The third-order valence-electron chi connectivity index (χ3n) is 3.46. The van der Waals surface area contributed by atoms with Crippen molar-refractivity contribution in [1.29, 1.82) is 0 Å². The maximum atomic E-state index is 6.26. The lowest BCUT2D eigenvalue weighted by Crippen LogP contribution is -2.57. The number of anilines is 2. The van der Waals surface area contributed by atoms with Crippen LogP contribution in [0, 0.1) is 0 Å². The quantitative estimate of drug-likeness (QED) is 0.889. The minimum absolute atomic E-state index is 0.190. The van der Waals surface area contributed by atoms with E-state index in [2.05, 4.69) is 44.6 Å². The molecule has 5 heteroatoms. The maximum Gasteiger partial charge on any atom is 0.150 e. The summed E-state index contributed by atoms with van der Waals surface area (Å²) in [6.45, 7) is 12.2. The highest BCUT2D eigenvalue weighted by Gasteiger charge is 2.39. The van der Waals surface area contributed by atoms with Crippen molar-refractivity contribution in [2.45, 2.75) is 52.2 Å². The molecule has 19 heavy (non-hydrogen) atoms. The van der Waals surface area contributed by atoms with Gasteiger partial charge >= 0.3 is 0 Å². The number of hydrogen-bond acceptors (Lipinski definition) is 4. The number of nitrogens with zero attached hydrogens (tertiary/aromatic N) is 3. The summed E-state index contributed by atoms with van der Waals surface area (Å²) in [5, 5.41) is 4.51. The first-order valence-corrected chi connectivity index (χ1v) is 6.92. The van der Waals surface area contributed by atoms with Gasteiger partial charge < -0.3 is 15.4 Å². The highest BCUT2D eigenvalue weighted by molar-refractivity contribution is 5.67. The van der Waals surface area contributed by atoms with E-state index >= 15 is 0 Å². The van der Waals surface area contributed by atoms with Crippen LogP contribution in [0.5, 0.6) is 0 Å². The Morgan fingerprint density at radius 3 is 2.16 bits per heavy atom. The van der Waals surface area contributed by atoms with Crippen molar-refractivity contribution in [3.05, 3.63) is 5.69 Å². The predicted molar refractivity (Wildman–Crippen MR) is 78.5 cm³/mol. The van der Waals surface area contributed by atoms with Crippen molar-refractivity contribution >= 4 is 11.5 Å². The Kier molecular flexibility index (Phi) is 3.29. The third kappa shape index (κ3) is 2.71. The van der Waals surface area contributed by atoms with Gasteiger partial charge in [-0.25, -0.2) is 0 Å². The zero-order valence-corrected chi connectivity index (χ0v) is 12.9. The maximum absolute atomic E-state index is 6.26. The van der Waals surface area contributed by atoms with Gasteiger partial charge in [-0.2, -0.15) is 5.10 Å². The van der Waals surface area contributed by atoms with Crippen LogP contribution in [0.3, 0.4) is 0 Å². The lowest BCUT2D eigenvalue weighted by molar-refractivity contribution is -0.133. The van der Waals surface area contributed by atoms with Crippen LogP contribution in [-0.2, 0) is 18.2 Å². The van der Waals surface area contributed by atoms with Crippen LogP contribution < -0.4 is 10.6 Å². The molecule has 0 aromatic carbocycles. The minimum atomic E-state index is -0.190. The zero-order chi connectivity index (χ0) is 14.4. The molecule has 2 heterocycles. The van der Waals surface area contributed by atoms with Crippen molar-refractivity contribution < 1.29 is 4.74 Å². The van der Waals surface area contributed by atoms with Crippen molar-refractivity contribution in [1.82, 2.24) is 9.78 Å². The van der Waals surface area contributed by atoms with Gasteiger partial charge in [-0.05, 0) is 34.1 Å². The standard InChI is InChI=1S/C14H26N4O/c1-7-10-11(15)12(17(6)16-10)18-8-13(2,3)19-14(4,5)9-18/h7-9,15H2,1-6H3. The second kappa shape index (κ2) is 4.40. The third-order valence-corrected chi connectivity index (χ3v) is 3.46. The molecule has 1 saturated heterocycles. The fraction of sp³-hybridized carbons (Fsp3) is 0.786. The van der Waals surface area contributed by atoms with Gasteiger partial charge in [0.05, 0.1) is 22.6 Å². The smallest absolute Gasteiger partial charge is 0.150 e. The highest BCUT2D eigenvalue weighted by atomic mass is 16.5. The lowest BCUT2D eigenvalue weighted by atomic mass is 9.99. The Balaban J connectivity index is 2.39. The summed E-state index contributed by atoms with van der Waals surface area (Å²) in [6.07, 6.45) is 0.858. The minimum Gasteiger partial charge on any atom is -0.394 e. The first-order valence-electron chi connectivity index (χ1n) is 6.92. The van der Waals surface area contributed by atoms with Crippen LogP contribution in [0.15, 0.2) is 0 Å². The molecule has 0 bridgehead atoms. The largest absolute Gasteiger partial charge is 0.394 e. The summed E-state index contributed by atoms with van der Waals surface area (Å²) < 4.78 is 8.01. The molecule has 1 aromatic rings. The number of ether oxygens (including phenoxy) is 1. The molecular weight excluding hydrogens is 240 g/mol. The molecule has 0 unspecified atom stereocenters. The van der Waals surface area contributed by atoms with Crippen LogP contribution in [0.2, 0.25) is 0 Å². The molecule has 0 radical (unpaired) electrons. The van der Waals surface area contributed by atoms with Gasteiger partial charge in [-0.1, -0.05) is 6.92 Å². The second-order valence-corrected chi connectivity index (χ2v) is 6.64. The number of nitrogens with two attached hydrogens (primary N) is 1. The molecule has 0 atom stereocenters. The fourth-order valence-corrected chi connectivity index (χ4v) is 3.16. The Hall–Kier alpha value is -1.23. The molecule has 0 amide bonds. The first-order chi connectivity index (χ1) is 8.65. The molecule has 2 N–H and O–H groups in total. The van der Waals surface area contributed by atoms with E-state index in [9.17, 15) is 0 Å². The Bertz CT molecular complexity index is 460. The van der Waals surface area contributed by atoms with Crippen molar-refractivity contribution in [3.63, 3.8) is 0 Å². The monoisotopic (exact) mass is 266 g/mol. The molecule has 0 aliphatic carbocycles. The Labute approximate surface area is 115 Å². The molecule has 1 aliphatic rings. The molecule has 1 aromatic heterocycles. The normalized spacial score (nSPS) is 21.7. The van der Waals surface area contributed by atoms with E-state index in [0.29, 0.717) is 0 Å². The van der Waals surface area contributed by atoms with Gasteiger partial charge in [0.25, 0.3) is 0 Å². The van der Waals surface area contributed by atoms with Crippen molar-refractivity contribution in [2.75, 3.05) is 23.7 Å². The van der Waals surface area contributed by atoms with E-state index in [1.165, 1.54) is 0 Å². The summed E-state index contributed by atoms with van der Waals surface area (Å²) in [6, 6.07) is 0.